The lowest BCUT2D eigenvalue weighted by atomic mass is 9.91. The summed E-state index contributed by atoms with van der Waals surface area (Å²) in [5, 5.41) is 32.3. The van der Waals surface area contributed by atoms with Crippen molar-refractivity contribution < 1.29 is 24.5 Å². The average Bonchev–Trinajstić information content (AvgIpc) is 2.25. The van der Waals surface area contributed by atoms with E-state index in [0.717, 1.165) is 0 Å². The van der Waals surface area contributed by atoms with Crippen molar-refractivity contribution in [1.29, 1.82) is 0 Å². The molecule has 0 bridgehead atoms. The first-order chi connectivity index (χ1) is 7.02. The monoisotopic (exact) mass is 222 g/mol. The van der Waals surface area contributed by atoms with E-state index in [-0.39, 0.29) is 0 Å². The maximum absolute atomic E-state index is 13.3. The van der Waals surface area contributed by atoms with Crippen molar-refractivity contribution in [1.82, 2.24) is 10.6 Å². The van der Waals surface area contributed by atoms with E-state index >= 15 is 0 Å². The van der Waals surface area contributed by atoms with Gasteiger partial charge in [0.15, 0.2) is 0 Å². The Kier molecular flexibility index (Phi) is 3.97. The zero-order valence-corrected chi connectivity index (χ0v) is 8.22. The van der Waals surface area contributed by atoms with Gasteiger partial charge in [0.25, 0.3) is 0 Å². The number of aliphatic hydroxyl groups is 3. The highest BCUT2D eigenvalue weighted by Crippen LogP contribution is 2.18. The minimum absolute atomic E-state index is 0.557. The standard InChI is InChI=1S/C8H15FN2O4/c1-10-8(15)5-7(14)6(13)4(9)3(2-12)11-5/h3-7,11-14H,2H2,1H3,(H,10,15)/t3-,4-,5+,6+,7-/m1/s1. The highest BCUT2D eigenvalue weighted by Gasteiger charge is 2.45. The number of hydrogen-bond donors (Lipinski definition) is 5. The molecule has 1 rings (SSSR count). The third-order valence-corrected chi connectivity index (χ3v) is 2.52. The molecule has 5 N–H and O–H groups in total. The highest BCUT2D eigenvalue weighted by atomic mass is 19.1. The number of carbonyl (C=O) groups excluding carboxylic acids is 1. The van der Waals surface area contributed by atoms with E-state index in [1.807, 2.05) is 0 Å². The molecule has 1 amide bonds. The normalized spacial score (nSPS) is 41.3. The molecule has 1 fully saturated rings. The molecule has 5 atom stereocenters. The zero-order chi connectivity index (χ0) is 11.6. The van der Waals surface area contributed by atoms with Gasteiger partial charge in [-0.2, -0.15) is 0 Å². The van der Waals surface area contributed by atoms with Crippen molar-refractivity contribution in [2.45, 2.75) is 30.5 Å². The van der Waals surface area contributed by atoms with Crippen LogP contribution in [-0.4, -0.2) is 65.3 Å². The second kappa shape index (κ2) is 4.84. The van der Waals surface area contributed by atoms with Crippen molar-refractivity contribution in [3.8, 4) is 0 Å². The summed E-state index contributed by atoms with van der Waals surface area (Å²) in [5.41, 5.74) is 0. The van der Waals surface area contributed by atoms with Gasteiger partial charge in [0.2, 0.25) is 5.91 Å². The number of aliphatic hydroxyl groups excluding tert-OH is 3. The SMILES string of the molecule is CNC(=O)[C@H]1N[C@H](CO)[C@@H](F)[C@H](O)[C@@H]1O. The Morgan fingerprint density at radius 3 is 2.53 bits per heavy atom. The number of nitrogens with one attached hydrogen (secondary N) is 2. The first kappa shape index (κ1) is 12.3. The Bertz CT molecular complexity index is 239. The molecule has 7 heteroatoms. The molecular weight excluding hydrogens is 207 g/mol. The number of alkyl halides is 1. The summed E-state index contributed by atoms with van der Waals surface area (Å²) in [6.07, 6.45) is -5.00. The van der Waals surface area contributed by atoms with Crippen molar-refractivity contribution in [2.75, 3.05) is 13.7 Å². The van der Waals surface area contributed by atoms with Gasteiger partial charge in [0, 0.05) is 7.05 Å². The third kappa shape index (κ3) is 2.25. The molecule has 1 saturated heterocycles. The second-order valence-corrected chi connectivity index (χ2v) is 3.47. The van der Waals surface area contributed by atoms with Crippen LogP contribution in [0, 0.1) is 0 Å². The Labute approximate surface area is 86.1 Å². The molecular formula is C8H15FN2O4. The summed E-state index contributed by atoms with van der Waals surface area (Å²) < 4.78 is 13.3. The fourth-order valence-electron chi connectivity index (χ4n) is 1.58. The quantitative estimate of drug-likeness (QED) is 0.345. The summed E-state index contributed by atoms with van der Waals surface area (Å²) >= 11 is 0. The van der Waals surface area contributed by atoms with E-state index in [1.165, 1.54) is 7.05 Å². The molecule has 0 saturated carbocycles. The fourth-order valence-corrected chi connectivity index (χ4v) is 1.58. The van der Waals surface area contributed by atoms with Gasteiger partial charge in [-0.15, -0.1) is 0 Å². The number of rotatable bonds is 2. The van der Waals surface area contributed by atoms with Crippen molar-refractivity contribution in [3.05, 3.63) is 0 Å². The second-order valence-electron chi connectivity index (χ2n) is 3.47. The van der Waals surface area contributed by atoms with Gasteiger partial charge in [0.1, 0.15) is 24.4 Å². The number of hydrogen-bond acceptors (Lipinski definition) is 5. The van der Waals surface area contributed by atoms with E-state index in [1.54, 1.807) is 0 Å². The molecule has 15 heavy (non-hydrogen) atoms. The summed E-state index contributed by atoms with van der Waals surface area (Å²) in [6, 6.07) is -2.17. The molecule has 0 aliphatic carbocycles. The Balaban J connectivity index is 2.78. The minimum Gasteiger partial charge on any atom is -0.395 e. The fraction of sp³-hybridized carbons (Fsp3) is 0.875. The van der Waals surface area contributed by atoms with Gasteiger partial charge in [-0.3, -0.25) is 10.1 Å². The maximum Gasteiger partial charge on any atom is 0.239 e. The van der Waals surface area contributed by atoms with Crippen molar-refractivity contribution >= 4 is 5.91 Å². The van der Waals surface area contributed by atoms with E-state index in [2.05, 4.69) is 10.6 Å². The van der Waals surface area contributed by atoms with Gasteiger partial charge in [-0.1, -0.05) is 0 Å². The molecule has 0 spiro atoms. The molecule has 88 valence electrons. The van der Waals surface area contributed by atoms with Gasteiger partial charge in [0.05, 0.1) is 12.6 Å². The predicted octanol–water partition coefficient (Wildman–Crippen LogP) is -2.87. The summed E-state index contributed by atoms with van der Waals surface area (Å²) in [7, 11) is 1.36. The summed E-state index contributed by atoms with van der Waals surface area (Å²) in [6.45, 7) is -0.557. The first-order valence-electron chi connectivity index (χ1n) is 4.61. The van der Waals surface area contributed by atoms with Gasteiger partial charge >= 0.3 is 0 Å². The third-order valence-electron chi connectivity index (χ3n) is 2.52. The van der Waals surface area contributed by atoms with Gasteiger partial charge in [-0.05, 0) is 0 Å². The van der Waals surface area contributed by atoms with Crippen molar-refractivity contribution in [2.24, 2.45) is 0 Å². The summed E-state index contributed by atoms with van der Waals surface area (Å²) in [5.74, 6) is -0.563. The van der Waals surface area contributed by atoms with E-state index in [4.69, 9.17) is 5.11 Å². The van der Waals surface area contributed by atoms with Crippen molar-refractivity contribution in [3.63, 3.8) is 0 Å². The van der Waals surface area contributed by atoms with Crippen LogP contribution in [0.2, 0.25) is 0 Å². The molecule has 1 aliphatic heterocycles. The molecule has 6 nitrogen and oxygen atoms in total. The van der Waals surface area contributed by atoms with Gasteiger partial charge in [-0.25, -0.2) is 4.39 Å². The number of halogens is 1. The minimum atomic E-state index is -1.80. The molecule has 0 aromatic heterocycles. The van der Waals surface area contributed by atoms with Crippen LogP contribution < -0.4 is 10.6 Å². The van der Waals surface area contributed by atoms with E-state index in [9.17, 15) is 19.4 Å². The summed E-state index contributed by atoms with van der Waals surface area (Å²) in [4.78, 5) is 11.2. The molecule has 1 aliphatic rings. The van der Waals surface area contributed by atoms with Crippen LogP contribution in [-0.2, 0) is 4.79 Å². The maximum atomic E-state index is 13.3. The zero-order valence-electron chi connectivity index (χ0n) is 8.22. The first-order valence-corrected chi connectivity index (χ1v) is 4.61. The molecule has 0 aromatic rings. The molecule has 0 radical (unpaired) electrons. The smallest absolute Gasteiger partial charge is 0.239 e. The van der Waals surface area contributed by atoms with Crippen LogP contribution in [0.5, 0.6) is 0 Å². The Morgan fingerprint density at radius 1 is 1.47 bits per heavy atom. The molecule has 0 aromatic carbocycles. The Morgan fingerprint density at radius 2 is 2.07 bits per heavy atom. The van der Waals surface area contributed by atoms with E-state index in [0.29, 0.717) is 0 Å². The van der Waals surface area contributed by atoms with E-state index < -0.39 is 43.0 Å². The van der Waals surface area contributed by atoms with Crippen LogP contribution in [0.4, 0.5) is 4.39 Å². The number of likely N-dealkylation sites (N-methyl/N-ethyl adjacent to an activating group) is 1. The van der Waals surface area contributed by atoms with Crippen LogP contribution in [0.15, 0.2) is 0 Å². The predicted molar refractivity (Wildman–Crippen MR) is 48.8 cm³/mol. The van der Waals surface area contributed by atoms with Crippen LogP contribution >= 0.6 is 0 Å². The number of amides is 1. The Hall–Kier alpha value is -0.760. The molecule has 0 unspecified atom stereocenters. The van der Waals surface area contributed by atoms with Crippen LogP contribution in [0.1, 0.15) is 0 Å². The van der Waals surface area contributed by atoms with Gasteiger partial charge < -0.3 is 20.6 Å². The lowest BCUT2D eigenvalue weighted by molar-refractivity contribution is -0.137. The van der Waals surface area contributed by atoms with Crippen LogP contribution in [0.3, 0.4) is 0 Å². The number of carbonyl (C=O) groups is 1. The highest BCUT2D eigenvalue weighted by molar-refractivity contribution is 5.82. The average molecular weight is 222 g/mol. The topological polar surface area (TPSA) is 102 Å². The number of piperidine rings is 1. The lowest BCUT2D eigenvalue weighted by Crippen LogP contribution is -2.68. The largest absolute Gasteiger partial charge is 0.395 e. The van der Waals surface area contributed by atoms with Crippen LogP contribution in [0.25, 0.3) is 0 Å². The lowest BCUT2D eigenvalue weighted by Gasteiger charge is -2.38. The molecule has 1 heterocycles.